The van der Waals surface area contributed by atoms with Gasteiger partial charge in [0.25, 0.3) is 11.8 Å². The first kappa shape index (κ1) is 21.1. The number of hydrogen-bond acceptors (Lipinski definition) is 5. The van der Waals surface area contributed by atoms with Crippen LogP contribution in [0.4, 0.5) is 11.4 Å². The number of ether oxygens (including phenoxy) is 1. The quantitative estimate of drug-likeness (QED) is 0.704. The van der Waals surface area contributed by atoms with E-state index in [-0.39, 0.29) is 24.3 Å². The normalized spacial score (nSPS) is 17.4. The lowest BCUT2D eigenvalue weighted by Gasteiger charge is -2.40. The van der Waals surface area contributed by atoms with Crippen LogP contribution >= 0.6 is 11.3 Å². The molecule has 1 aliphatic heterocycles. The lowest BCUT2D eigenvalue weighted by molar-refractivity contribution is -0.126. The van der Waals surface area contributed by atoms with Crippen molar-refractivity contribution in [3.63, 3.8) is 0 Å². The number of amides is 3. The number of morpholine rings is 1. The van der Waals surface area contributed by atoms with Gasteiger partial charge in [-0.25, -0.2) is 0 Å². The molecule has 3 amide bonds. The zero-order valence-corrected chi connectivity index (χ0v) is 18.0. The smallest absolute Gasteiger partial charge is 0.262 e. The van der Waals surface area contributed by atoms with Crippen LogP contribution < -0.4 is 15.5 Å². The van der Waals surface area contributed by atoms with Gasteiger partial charge < -0.3 is 20.3 Å². The maximum absolute atomic E-state index is 13.1. The van der Waals surface area contributed by atoms with Crippen LogP contribution in [0, 0.1) is 19.3 Å². The summed E-state index contributed by atoms with van der Waals surface area (Å²) in [6, 6.07) is 8.83. The number of carbonyl (C=O) groups excluding carboxylic acids is 3. The topological polar surface area (TPSA) is 87.7 Å². The maximum Gasteiger partial charge on any atom is 0.262 e. The molecule has 1 saturated heterocycles. The first-order valence-electron chi connectivity index (χ1n) is 10.1. The molecule has 0 bridgehead atoms. The van der Waals surface area contributed by atoms with E-state index in [0.717, 1.165) is 17.7 Å². The van der Waals surface area contributed by atoms with Gasteiger partial charge in [0.1, 0.15) is 12.1 Å². The van der Waals surface area contributed by atoms with Crippen LogP contribution in [-0.4, -0.2) is 43.0 Å². The monoisotopic (exact) mass is 437 g/mol. The number of benzene rings is 1. The molecule has 31 heavy (non-hydrogen) atoms. The first-order valence-corrected chi connectivity index (χ1v) is 10.9. The Hall–Kier alpha value is -3.15. The van der Waals surface area contributed by atoms with Crippen molar-refractivity contribution >= 4 is 40.4 Å². The lowest BCUT2D eigenvalue weighted by Crippen LogP contribution is -2.61. The summed E-state index contributed by atoms with van der Waals surface area (Å²) >= 11 is 1.23. The number of hydrogen-bond donors (Lipinski definition) is 2. The van der Waals surface area contributed by atoms with E-state index in [1.54, 1.807) is 23.1 Å². The largest absolute Gasteiger partial charge is 0.370 e. The Balaban J connectivity index is 1.46. The van der Waals surface area contributed by atoms with Gasteiger partial charge in [0.15, 0.2) is 0 Å². The number of nitrogens with zero attached hydrogens (tertiary/aromatic N) is 1. The van der Waals surface area contributed by atoms with E-state index in [4.69, 9.17) is 11.2 Å². The zero-order valence-electron chi connectivity index (χ0n) is 17.2. The molecule has 2 aliphatic rings. The van der Waals surface area contributed by atoms with Crippen molar-refractivity contribution in [2.24, 2.45) is 0 Å². The van der Waals surface area contributed by atoms with Gasteiger partial charge in [-0.15, -0.1) is 17.8 Å². The Kier molecular flexibility index (Phi) is 5.81. The molecule has 1 saturated carbocycles. The highest BCUT2D eigenvalue weighted by Crippen LogP contribution is 2.34. The number of nitrogens with one attached hydrogen (secondary N) is 2. The minimum atomic E-state index is -0.926. The molecule has 1 aromatic carbocycles. The van der Waals surface area contributed by atoms with Crippen molar-refractivity contribution in [3.8, 4) is 12.3 Å². The molecule has 8 heteroatoms. The molecule has 1 aliphatic carbocycles. The maximum atomic E-state index is 13.1. The van der Waals surface area contributed by atoms with Gasteiger partial charge in [-0.05, 0) is 62.1 Å². The van der Waals surface area contributed by atoms with Gasteiger partial charge in [-0.2, -0.15) is 0 Å². The first-order chi connectivity index (χ1) is 14.9. The van der Waals surface area contributed by atoms with Crippen LogP contribution in [0.25, 0.3) is 0 Å². The van der Waals surface area contributed by atoms with Crippen LogP contribution in [0.5, 0.6) is 0 Å². The van der Waals surface area contributed by atoms with E-state index >= 15 is 0 Å². The van der Waals surface area contributed by atoms with E-state index < -0.39 is 5.54 Å². The van der Waals surface area contributed by atoms with Crippen molar-refractivity contribution in [1.29, 1.82) is 0 Å². The van der Waals surface area contributed by atoms with Gasteiger partial charge >= 0.3 is 0 Å². The number of anilines is 2. The third-order valence-corrected chi connectivity index (χ3v) is 6.71. The van der Waals surface area contributed by atoms with E-state index in [1.807, 2.05) is 19.1 Å². The highest BCUT2D eigenvalue weighted by Gasteiger charge is 2.45. The number of carbonyl (C=O) groups is 3. The second-order valence-electron chi connectivity index (χ2n) is 7.75. The van der Waals surface area contributed by atoms with Gasteiger partial charge in [-0.3, -0.25) is 14.4 Å². The molecule has 160 valence electrons. The Bertz CT molecular complexity index is 1080. The highest BCUT2D eigenvalue weighted by atomic mass is 32.1. The summed E-state index contributed by atoms with van der Waals surface area (Å²) in [5.41, 5.74) is 1.38. The molecule has 2 fully saturated rings. The Morgan fingerprint density at radius 3 is 2.68 bits per heavy atom. The lowest BCUT2D eigenvalue weighted by atomic mass is 9.75. The third kappa shape index (κ3) is 4.20. The number of aryl methyl sites for hydroxylation is 1. The molecule has 7 nitrogen and oxygen atoms in total. The molecule has 2 heterocycles. The average Bonchev–Trinajstić information content (AvgIpc) is 3.21. The molecule has 0 atom stereocenters. The molecule has 0 spiro atoms. The van der Waals surface area contributed by atoms with Gasteiger partial charge in [0.2, 0.25) is 5.91 Å². The van der Waals surface area contributed by atoms with Crippen LogP contribution in [0.3, 0.4) is 0 Å². The number of rotatable bonds is 5. The summed E-state index contributed by atoms with van der Waals surface area (Å²) < 4.78 is 5.19. The molecule has 2 aromatic rings. The van der Waals surface area contributed by atoms with Crippen molar-refractivity contribution in [2.45, 2.75) is 31.7 Å². The van der Waals surface area contributed by atoms with Crippen LogP contribution in [0.15, 0.2) is 30.3 Å². The van der Waals surface area contributed by atoms with Crippen molar-refractivity contribution < 1.29 is 19.1 Å². The van der Waals surface area contributed by atoms with Crippen molar-refractivity contribution in [3.05, 3.63) is 45.6 Å². The van der Waals surface area contributed by atoms with Crippen LogP contribution in [-0.2, 0) is 14.3 Å². The Labute approximate surface area is 184 Å². The third-order valence-electron chi connectivity index (χ3n) is 5.70. The molecule has 0 unspecified atom stereocenters. The summed E-state index contributed by atoms with van der Waals surface area (Å²) in [7, 11) is 0. The minimum Gasteiger partial charge on any atom is -0.370 e. The molecule has 4 rings (SSSR count). The van der Waals surface area contributed by atoms with Crippen molar-refractivity contribution in [1.82, 2.24) is 5.32 Å². The molecular weight excluding hydrogens is 414 g/mol. The van der Waals surface area contributed by atoms with Gasteiger partial charge in [-0.1, -0.05) is 5.92 Å². The van der Waals surface area contributed by atoms with E-state index in [0.29, 0.717) is 41.4 Å². The fourth-order valence-corrected chi connectivity index (χ4v) is 4.53. The summed E-state index contributed by atoms with van der Waals surface area (Å²) in [4.78, 5) is 40.7. The number of terminal acetylenes is 1. The average molecular weight is 438 g/mol. The predicted molar refractivity (Wildman–Crippen MR) is 119 cm³/mol. The standard InChI is InChI=1S/C23H23N3O4S/c1-3-17-6-8-19(31-17)21(28)25-23(9-4-10-23)22(29)24-16-5-7-18(15(2)13-16)26-11-12-30-14-20(26)27/h1,5-8,13H,4,9-12,14H2,2H3,(H,24,29)(H,25,28). The van der Waals surface area contributed by atoms with E-state index in [2.05, 4.69) is 16.6 Å². The van der Waals surface area contributed by atoms with Crippen LogP contribution in [0.2, 0.25) is 0 Å². The van der Waals surface area contributed by atoms with E-state index in [1.165, 1.54) is 11.3 Å². The molecule has 0 radical (unpaired) electrons. The fourth-order valence-electron chi connectivity index (χ4n) is 3.82. The molecule has 1 aromatic heterocycles. The summed E-state index contributed by atoms with van der Waals surface area (Å²) in [5.74, 6) is 1.90. The van der Waals surface area contributed by atoms with E-state index in [9.17, 15) is 14.4 Å². The molecular formula is C23H23N3O4S. The van der Waals surface area contributed by atoms with Crippen LogP contribution in [0.1, 0.15) is 39.4 Å². The second-order valence-corrected chi connectivity index (χ2v) is 8.84. The highest BCUT2D eigenvalue weighted by molar-refractivity contribution is 7.14. The number of thiophene rings is 1. The predicted octanol–water partition coefficient (Wildman–Crippen LogP) is 2.69. The Morgan fingerprint density at radius 1 is 1.26 bits per heavy atom. The fraction of sp³-hybridized carbons (Fsp3) is 0.348. The second kappa shape index (κ2) is 8.53. The Morgan fingerprint density at radius 2 is 2.06 bits per heavy atom. The SMILES string of the molecule is C#Cc1ccc(C(=O)NC2(C(=O)Nc3ccc(N4CCOCC4=O)c(C)c3)CCC2)s1. The molecule has 2 N–H and O–H groups in total. The van der Waals surface area contributed by atoms with Gasteiger partial charge in [0, 0.05) is 17.9 Å². The summed E-state index contributed by atoms with van der Waals surface area (Å²) in [5, 5.41) is 5.84. The van der Waals surface area contributed by atoms with Crippen molar-refractivity contribution in [2.75, 3.05) is 30.0 Å². The zero-order chi connectivity index (χ0) is 22.0. The van der Waals surface area contributed by atoms with Gasteiger partial charge in [0.05, 0.1) is 16.4 Å². The summed E-state index contributed by atoms with van der Waals surface area (Å²) in [6.07, 6.45) is 7.40. The summed E-state index contributed by atoms with van der Waals surface area (Å²) in [6.45, 7) is 2.98. The minimum absolute atomic E-state index is 0.0766.